The van der Waals surface area contributed by atoms with Gasteiger partial charge in [-0.1, -0.05) is 27.2 Å². The van der Waals surface area contributed by atoms with Gasteiger partial charge in [0.15, 0.2) is 0 Å². The summed E-state index contributed by atoms with van der Waals surface area (Å²) < 4.78 is 0. The maximum Gasteiger partial charge on any atom is 0.106 e. The van der Waals surface area contributed by atoms with Crippen molar-refractivity contribution in [1.29, 1.82) is 0 Å². The first-order valence-corrected chi connectivity index (χ1v) is 4.86. The third kappa shape index (κ3) is 2.00. The molecule has 1 unspecified atom stereocenters. The molecule has 0 aliphatic carbocycles. The number of hydrogen-bond donors (Lipinski definition) is 0. The highest BCUT2D eigenvalue weighted by Gasteiger charge is 2.22. The summed E-state index contributed by atoms with van der Waals surface area (Å²) in [5.41, 5.74) is 1.36. The van der Waals surface area contributed by atoms with Crippen LogP contribution in [0, 0.1) is 0 Å². The molecule has 0 saturated heterocycles. The van der Waals surface area contributed by atoms with E-state index >= 15 is 0 Å². The van der Waals surface area contributed by atoms with E-state index in [2.05, 4.69) is 35.9 Å². The quantitative estimate of drug-likeness (QED) is 0.698. The van der Waals surface area contributed by atoms with Gasteiger partial charge in [-0.05, 0) is 11.6 Å². The molecule has 0 saturated carbocycles. The zero-order valence-corrected chi connectivity index (χ0v) is 8.26. The van der Waals surface area contributed by atoms with Crippen molar-refractivity contribution in [3.63, 3.8) is 0 Å². The summed E-state index contributed by atoms with van der Waals surface area (Å²) in [6.45, 7) is 6.60. The Morgan fingerprint density at radius 2 is 2.18 bits per heavy atom. The van der Waals surface area contributed by atoms with Crippen LogP contribution in [0.4, 0.5) is 0 Å². The highest BCUT2D eigenvalue weighted by Crippen LogP contribution is 2.29. The average molecular weight is 171 g/mol. The number of hydrogen-bond acceptors (Lipinski definition) is 3. The second kappa shape index (κ2) is 3.31. The summed E-state index contributed by atoms with van der Waals surface area (Å²) in [5, 5.41) is 7.65. The van der Waals surface area contributed by atoms with Crippen LogP contribution in [0.2, 0.25) is 0 Å². The Balaban J connectivity index is 2.73. The molecule has 0 aliphatic rings. The van der Waals surface area contributed by atoms with Gasteiger partial charge in [0.1, 0.15) is 5.43 Å². The molecule has 1 atom stereocenters. The molecule has 0 fully saturated rings. The van der Waals surface area contributed by atoms with Gasteiger partial charge in [-0.3, -0.25) is 0 Å². The molecule has 0 radical (unpaired) electrons. The minimum absolute atomic E-state index is 0.205. The van der Waals surface area contributed by atoms with Crippen molar-refractivity contribution < 1.29 is 0 Å². The van der Waals surface area contributed by atoms with Gasteiger partial charge in [-0.15, -0.1) is 9.96 Å². The van der Waals surface area contributed by atoms with E-state index in [-0.39, 0.29) is 5.41 Å². The van der Waals surface area contributed by atoms with Gasteiger partial charge < -0.3 is 0 Å². The summed E-state index contributed by atoms with van der Waals surface area (Å²) in [7, 11) is 0.469. The van der Waals surface area contributed by atoms with Gasteiger partial charge >= 0.3 is 0 Å². The summed E-state index contributed by atoms with van der Waals surface area (Å²) >= 11 is 0. The van der Waals surface area contributed by atoms with Crippen molar-refractivity contribution in [3.05, 3.63) is 5.43 Å². The van der Waals surface area contributed by atoms with E-state index in [0.717, 1.165) is 5.43 Å². The topological polar surface area (TPSA) is 38.7 Å². The molecule has 1 heterocycles. The van der Waals surface area contributed by atoms with Crippen LogP contribution in [0.15, 0.2) is 0 Å². The van der Waals surface area contributed by atoms with Crippen molar-refractivity contribution in [2.24, 2.45) is 0 Å². The zero-order chi connectivity index (χ0) is 8.32. The first kappa shape index (κ1) is 8.66. The molecule has 0 amide bonds. The third-order valence-corrected chi connectivity index (χ3v) is 3.04. The van der Waals surface area contributed by atoms with Gasteiger partial charge in [-0.2, -0.15) is 0 Å². The Kier molecular flexibility index (Phi) is 2.61. The fourth-order valence-corrected chi connectivity index (χ4v) is 1.89. The molecule has 3 nitrogen and oxygen atoms in total. The van der Waals surface area contributed by atoms with Crippen LogP contribution in [0.3, 0.4) is 0 Å². The smallest absolute Gasteiger partial charge is 0.106 e. The molecule has 1 aromatic heterocycles. The maximum absolute atomic E-state index is 4.01. The van der Waals surface area contributed by atoms with Crippen molar-refractivity contribution in [2.45, 2.75) is 39.0 Å². The molecule has 0 bridgehead atoms. The first-order valence-electron chi connectivity index (χ1n) is 3.91. The van der Waals surface area contributed by atoms with Crippen LogP contribution in [-0.4, -0.2) is 15.2 Å². The van der Waals surface area contributed by atoms with Crippen LogP contribution in [0.25, 0.3) is 0 Å². The predicted molar refractivity (Wildman–Crippen MR) is 47.3 cm³/mol. The summed E-state index contributed by atoms with van der Waals surface area (Å²) in [4.78, 5) is 3.86. The lowest BCUT2D eigenvalue weighted by molar-refractivity contribution is 0.466. The van der Waals surface area contributed by atoms with Crippen LogP contribution in [0.1, 0.15) is 39.0 Å². The monoisotopic (exact) mass is 171 g/mol. The molecule has 4 heteroatoms. The lowest BCUT2D eigenvalue weighted by Gasteiger charge is -2.19. The van der Waals surface area contributed by atoms with E-state index in [4.69, 9.17) is 0 Å². The Morgan fingerprint density at radius 1 is 1.45 bits per heavy atom. The van der Waals surface area contributed by atoms with Gasteiger partial charge in [0, 0.05) is 13.8 Å². The molecule has 0 aliphatic heterocycles. The Bertz CT molecular complexity index is 205. The first-order chi connectivity index (χ1) is 5.17. The molecule has 1 rings (SSSR count). The van der Waals surface area contributed by atoms with Crippen molar-refractivity contribution in [1.82, 2.24) is 15.2 Å². The molecule has 0 spiro atoms. The van der Waals surface area contributed by atoms with Gasteiger partial charge in [0.25, 0.3) is 0 Å². The van der Waals surface area contributed by atoms with E-state index in [1.165, 1.54) is 12.8 Å². The van der Waals surface area contributed by atoms with Crippen LogP contribution in [-0.2, 0) is 5.41 Å². The minimum Gasteiger partial charge on any atom is -0.129 e. The van der Waals surface area contributed by atoms with Gasteiger partial charge in [0.05, 0.1) is 0 Å². The largest absolute Gasteiger partial charge is 0.129 e. The Labute approximate surface area is 68.8 Å². The van der Waals surface area contributed by atoms with Crippen LogP contribution >= 0.6 is 8.35 Å². The standard InChI is InChI=1S/C7H14N3P/c1-4-5-7(2,3)6-8-9-10-11-6/h11H,4-5H2,1-3H3. The highest BCUT2D eigenvalue weighted by molar-refractivity contribution is 7.26. The second-order valence-electron chi connectivity index (χ2n) is 3.38. The lowest BCUT2D eigenvalue weighted by atomic mass is 9.89. The molecular weight excluding hydrogens is 157 g/mol. The van der Waals surface area contributed by atoms with E-state index in [1.54, 1.807) is 0 Å². The summed E-state index contributed by atoms with van der Waals surface area (Å²) in [6, 6.07) is 0. The normalized spacial score (nSPS) is 12.6. The Morgan fingerprint density at radius 3 is 2.64 bits per heavy atom. The van der Waals surface area contributed by atoms with E-state index in [0.29, 0.717) is 8.35 Å². The van der Waals surface area contributed by atoms with Gasteiger partial charge in [-0.25, -0.2) is 0 Å². The van der Waals surface area contributed by atoms with Crippen LogP contribution in [0.5, 0.6) is 0 Å². The molecule has 62 valence electrons. The number of rotatable bonds is 3. The SMILES string of the molecule is CCCC(C)(C)c1nnn[pH]1. The summed E-state index contributed by atoms with van der Waals surface area (Å²) in [6.07, 6.45) is 2.36. The average Bonchev–Trinajstić information content (AvgIpc) is 2.37. The molecule has 11 heavy (non-hydrogen) atoms. The molecule has 1 aromatic rings. The second-order valence-corrected chi connectivity index (χ2v) is 4.28. The number of aromatic nitrogens is 3. The van der Waals surface area contributed by atoms with Crippen molar-refractivity contribution in [2.75, 3.05) is 0 Å². The molecule has 0 aromatic carbocycles. The van der Waals surface area contributed by atoms with Crippen LogP contribution < -0.4 is 0 Å². The zero-order valence-electron chi connectivity index (χ0n) is 7.26. The van der Waals surface area contributed by atoms with Crippen molar-refractivity contribution in [3.8, 4) is 0 Å². The third-order valence-electron chi connectivity index (χ3n) is 1.86. The minimum atomic E-state index is 0.205. The number of nitrogens with zero attached hydrogens (tertiary/aromatic N) is 3. The van der Waals surface area contributed by atoms with Gasteiger partial charge in [0.2, 0.25) is 0 Å². The lowest BCUT2D eigenvalue weighted by Crippen LogP contribution is -2.15. The summed E-state index contributed by atoms with van der Waals surface area (Å²) in [5.74, 6) is 0. The predicted octanol–water partition coefficient (Wildman–Crippen LogP) is 1.98. The van der Waals surface area contributed by atoms with E-state index < -0.39 is 0 Å². The fraction of sp³-hybridized carbons (Fsp3) is 0.857. The maximum atomic E-state index is 4.01. The molecule has 0 N–H and O–H groups in total. The molecular formula is C7H14N3P. The highest BCUT2D eigenvalue weighted by atomic mass is 31.0. The van der Waals surface area contributed by atoms with E-state index in [9.17, 15) is 0 Å². The van der Waals surface area contributed by atoms with E-state index in [1.807, 2.05) is 0 Å². The van der Waals surface area contributed by atoms with Crippen molar-refractivity contribution >= 4 is 8.35 Å². The Hall–Kier alpha value is -0.430. The fourth-order valence-electron chi connectivity index (χ4n) is 1.19.